The summed E-state index contributed by atoms with van der Waals surface area (Å²) < 4.78 is 55.0. The quantitative estimate of drug-likeness (QED) is 0.158. The van der Waals surface area contributed by atoms with Crippen LogP contribution in [0.1, 0.15) is 46.3 Å². The SMILES string of the molecule is C[C@H](C#Cc1cccc(C(=O)NCCC(c2ccc(F)cc2)c2ccc(OC(F)(F)F)cc2)c1)N(O)C(N)=O. The smallest absolute Gasteiger partial charge is 0.406 e. The van der Waals surface area contributed by atoms with Crippen LogP contribution in [0, 0.1) is 17.7 Å². The maximum Gasteiger partial charge on any atom is 0.573 e. The highest BCUT2D eigenvalue weighted by Crippen LogP contribution is 2.31. The number of hydroxylamine groups is 2. The van der Waals surface area contributed by atoms with E-state index in [2.05, 4.69) is 21.9 Å². The molecule has 2 atom stereocenters. The largest absolute Gasteiger partial charge is 0.573 e. The molecular weight excluding hydrogens is 518 g/mol. The molecule has 0 saturated carbocycles. The van der Waals surface area contributed by atoms with Gasteiger partial charge in [0.05, 0.1) is 0 Å². The van der Waals surface area contributed by atoms with E-state index in [0.29, 0.717) is 23.1 Å². The van der Waals surface area contributed by atoms with Gasteiger partial charge in [0, 0.05) is 23.6 Å². The second-order valence-corrected chi connectivity index (χ2v) is 8.47. The topological polar surface area (TPSA) is 105 Å². The van der Waals surface area contributed by atoms with Gasteiger partial charge < -0.3 is 15.8 Å². The molecule has 3 amide bonds. The highest BCUT2D eigenvalue weighted by molar-refractivity contribution is 5.94. The second-order valence-electron chi connectivity index (χ2n) is 8.47. The third-order valence-electron chi connectivity index (χ3n) is 5.65. The van der Waals surface area contributed by atoms with E-state index in [1.54, 1.807) is 30.3 Å². The van der Waals surface area contributed by atoms with E-state index in [4.69, 9.17) is 5.73 Å². The number of carbonyl (C=O) groups excluding carboxylic acids is 2. The number of nitrogens with two attached hydrogens (primary N) is 1. The van der Waals surface area contributed by atoms with Crippen molar-refractivity contribution in [3.05, 3.63) is 101 Å². The van der Waals surface area contributed by atoms with Crippen LogP contribution in [0.2, 0.25) is 0 Å². The first-order chi connectivity index (χ1) is 18.4. The van der Waals surface area contributed by atoms with Crippen LogP contribution < -0.4 is 15.8 Å². The molecule has 39 heavy (non-hydrogen) atoms. The van der Waals surface area contributed by atoms with Crippen LogP contribution in [0.4, 0.5) is 22.4 Å². The summed E-state index contributed by atoms with van der Waals surface area (Å²) in [4.78, 5) is 23.8. The Balaban J connectivity index is 1.70. The Morgan fingerprint density at radius 3 is 2.26 bits per heavy atom. The molecule has 0 aliphatic rings. The van der Waals surface area contributed by atoms with Crippen LogP contribution in [-0.2, 0) is 0 Å². The van der Waals surface area contributed by atoms with Crippen molar-refractivity contribution in [3.63, 3.8) is 0 Å². The lowest BCUT2D eigenvalue weighted by Gasteiger charge is -2.19. The molecule has 0 fully saturated rings. The molecule has 0 radical (unpaired) electrons. The van der Waals surface area contributed by atoms with Crippen LogP contribution in [0.3, 0.4) is 0 Å². The second kappa shape index (κ2) is 12.8. The van der Waals surface area contributed by atoms with E-state index in [-0.39, 0.29) is 29.2 Å². The molecule has 3 aromatic carbocycles. The number of carbonyl (C=O) groups is 2. The summed E-state index contributed by atoms with van der Waals surface area (Å²) in [6.45, 7) is 1.68. The Morgan fingerprint density at radius 1 is 1.05 bits per heavy atom. The minimum atomic E-state index is -4.81. The number of alkyl halides is 3. The van der Waals surface area contributed by atoms with Crippen molar-refractivity contribution in [2.75, 3.05) is 6.54 Å². The van der Waals surface area contributed by atoms with Gasteiger partial charge in [-0.25, -0.2) is 9.18 Å². The van der Waals surface area contributed by atoms with Crippen molar-refractivity contribution in [1.82, 2.24) is 10.4 Å². The summed E-state index contributed by atoms with van der Waals surface area (Å²) in [6.07, 6.45) is -4.45. The molecule has 1 unspecified atom stereocenters. The molecule has 0 aromatic heterocycles. The molecule has 204 valence electrons. The Kier molecular flexibility index (Phi) is 9.52. The Bertz CT molecular complexity index is 1350. The van der Waals surface area contributed by atoms with Gasteiger partial charge in [-0.15, -0.1) is 13.2 Å². The fraction of sp³-hybridized carbons (Fsp3) is 0.214. The number of nitrogens with one attached hydrogen (secondary N) is 1. The number of benzene rings is 3. The number of hydrogen-bond acceptors (Lipinski definition) is 4. The van der Waals surface area contributed by atoms with Gasteiger partial charge in [0.1, 0.15) is 17.6 Å². The highest BCUT2D eigenvalue weighted by atomic mass is 19.4. The molecule has 3 aromatic rings. The summed E-state index contributed by atoms with van der Waals surface area (Å²) in [5.41, 5.74) is 7.16. The third kappa shape index (κ3) is 8.76. The van der Waals surface area contributed by atoms with Crippen molar-refractivity contribution in [3.8, 4) is 17.6 Å². The number of ether oxygens (including phenoxy) is 1. The molecule has 0 aliphatic heterocycles. The maximum absolute atomic E-state index is 13.5. The average molecular weight is 544 g/mol. The summed E-state index contributed by atoms with van der Waals surface area (Å²) in [5.74, 6) is 3.88. The van der Waals surface area contributed by atoms with Crippen molar-refractivity contribution < 1.29 is 37.1 Å². The number of rotatable bonds is 8. The third-order valence-corrected chi connectivity index (χ3v) is 5.65. The van der Waals surface area contributed by atoms with Crippen LogP contribution >= 0.6 is 0 Å². The molecule has 0 heterocycles. The van der Waals surface area contributed by atoms with Gasteiger partial charge in [-0.05, 0) is 66.9 Å². The van der Waals surface area contributed by atoms with Crippen molar-refractivity contribution in [2.24, 2.45) is 5.73 Å². The van der Waals surface area contributed by atoms with E-state index in [9.17, 15) is 32.4 Å². The summed E-state index contributed by atoms with van der Waals surface area (Å²) in [7, 11) is 0. The van der Waals surface area contributed by atoms with Crippen LogP contribution in [0.25, 0.3) is 0 Å². The van der Waals surface area contributed by atoms with E-state index in [1.165, 1.54) is 49.4 Å². The van der Waals surface area contributed by atoms with E-state index >= 15 is 0 Å². The Hall–Kier alpha value is -4.56. The van der Waals surface area contributed by atoms with Gasteiger partial charge in [-0.2, -0.15) is 5.06 Å². The zero-order valence-corrected chi connectivity index (χ0v) is 20.7. The predicted molar refractivity (Wildman–Crippen MR) is 134 cm³/mol. The van der Waals surface area contributed by atoms with Crippen molar-refractivity contribution >= 4 is 11.9 Å². The number of nitrogens with zero attached hydrogens (tertiary/aromatic N) is 1. The zero-order chi connectivity index (χ0) is 28.6. The molecular formula is C28H25F4N3O4. The van der Waals surface area contributed by atoms with Crippen LogP contribution in [0.15, 0.2) is 72.8 Å². The number of halogens is 4. The number of urea groups is 1. The summed E-state index contributed by atoms with van der Waals surface area (Å²) in [5, 5.41) is 12.6. The lowest BCUT2D eigenvalue weighted by Crippen LogP contribution is -2.38. The Morgan fingerprint density at radius 2 is 1.67 bits per heavy atom. The number of amides is 3. The average Bonchev–Trinajstić information content (AvgIpc) is 2.89. The van der Waals surface area contributed by atoms with Gasteiger partial charge >= 0.3 is 12.4 Å². The predicted octanol–water partition coefficient (Wildman–Crippen LogP) is 5.19. The van der Waals surface area contributed by atoms with Crippen molar-refractivity contribution in [2.45, 2.75) is 31.7 Å². The monoisotopic (exact) mass is 543 g/mol. The lowest BCUT2D eigenvalue weighted by molar-refractivity contribution is -0.274. The molecule has 11 heteroatoms. The minimum absolute atomic E-state index is 0.201. The first-order valence-corrected chi connectivity index (χ1v) is 11.7. The van der Waals surface area contributed by atoms with Gasteiger partial charge in [0.25, 0.3) is 5.91 Å². The first-order valence-electron chi connectivity index (χ1n) is 11.7. The molecule has 0 bridgehead atoms. The number of hydrogen-bond donors (Lipinski definition) is 3. The van der Waals surface area contributed by atoms with E-state index in [0.717, 1.165) is 5.56 Å². The van der Waals surface area contributed by atoms with Crippen molar-refractivity contribution in [1.29, 1.82) is 0 Å². The normalized spacial score (nSPS) is 12.5. The fourth-order valence-corrected chi connectivity index (χ4v) is 3.73. The van der Waals surface area contributed by atoms with Gasteiger partial charge in [0.15, 0.2) is 0 Å². The molecule has 7 nitrogen and oxygen atoms in total. The van der Waals surface area contributed by atoms with Crippen LogP contribution in [-0.4, -0.2) is 41.2 Å². The zero-order valence-electron chi connectivity index (χ0n) is 20.7. The Labute approximate surface area is 222 Å². The molecule has 0 spiro atoms. The van der Waals surface area contributed by atoms with E-state index < -0.39 is 24.3 Å². The maximum atomic E-state index is 13.5. The summed E-state index contributed by atoms with van der Waals surface area (Å²) >= 11 is 0. The molecule has 4 N–H and O–H groups in total. The highest BCUT2D eigenvalue weighted by Gasteiger charge is 2.31. The van der Waals surface area contributed by atoms with E-state index in [1.807, 2.05) is 0 Å². The van der Waals surface area contributed by atoms with Gasteiger partial charge in [-0.3, -0.25) is 10.0 Å². The number of primary amides is 1. The fourth-order valence-electron chi connectivity index (χ4n) is 3.73. The molecule has 3 rings (SSSR count). The van der Waals surface area contributed by atoms with Gasteiger partial charge in [0.2, 0.25) is 0 Å². The molecule has 0 aliphatic carbocycles. The summed E-state index contributed by atoms with van der Waals surface area (Å²) in [6, 6.07) is 15.6. The minimum Gasteiger partial charge on any atom is -0.406 e. The van der Waals surface area contributed by atoms with Crippen LogP contribution in [0.5, 0.6) is 5.75 Å². The standard InChI is InChI=1S/C28H25F4N3O4/c1-18(35(38)27(33)37)5-6-19-3-2-4-22(17-19)26(36)34-16-15-25(20-7-11-23(29)12-8-20)21-9-13-24(14-10-21)39-28(30,31)32/h2-4,7-14,17-18,25,38H,15-16H2,1H3,(H2,33,37)(H,34,36)/t18-,25?/m1/s1. The lowest BCUT2D eigenvalue weighted by atomic mass is 9.88. The first kappa shape index (κ1) is 29.0. The molecule has 0 saturated heterocycles. The van der Waals surface area contributed by atoms with Gasteiger partial charge in [-0.1, -0.05) is 42.2 Å².